The third kappa shape index (κ3) is 18.2. The molecule has 2 aliphatic heterocycles. The molecule has 5 heterocycles. The number of ether oxygens (including phenoxy) is 4. The molecular formula is C63H85Cl2N11O7S. The summed E-state index contributed by atoms with van der Waals surface area (Å²) < 4.78 is 23.8. The highest BCUT2D eigenvalue weighted by Gasteiger charge is 2.40. The molecule has 2 amide bonds. The van der Waals surface area contributed by atoms with E-state index in [9.17, 15) is 14.4 Å². The van der Waals surface area contributed by atoms with Gasteiger partial charge in [-0.2, -0.15) is 5.10 Å². The number of pyridine rings is 1. The number of likely N-dealkylation sites (N-methyl/N-ethyl adjacent to an activating group) is 1. The van der Waals surface area contributed by atoms with Crippen LogP contribution in [-0.2, 0) is 19.8 Å². The number of ketones is 1. The number of carbonyl (C=O) groups is 3. The molecule has 4 atom stereocenters. The zero-order valence-corrected chi connectivity index (χ0v) is 51.2. The van der Waals surface area contributed by atoms with E-state index in [1.165, 1.54) is 30.6 Å². The summed E-state index contributed by atoms with van der Waals surface area (Å²) in [7, 11) is 1.95. The van der Waals surface area contributed by atoms with Crippen LogP contribution in [-0.4, -0.2) is 133 Å². The number of nitrogens with zero attached hydrogens (tertiary/aromatic N) is 5. The van der Waals surface area contributed by atoms with E-state index in [-0.39, 0.29) is 66.6 Å². The summed E-state index contributed by atoms with van der Waals surface area (Å²) in [5.41, 5.74) is 3.30. The maximum Gasteiger partial charge on any atom is 0.251 e. The van der Waals surface area contributed by atoms with Crippen LogP contribution in [0.15, 0.2) is 104 Å². The number of hydrogen-bond acceptors (Lipinski definition) is 16. The number of anilines is 1. The zero-order valence-electron chi connectivity index (χ0n) is 48.8. The number of piperidine rings is 1. The quantitative estimate of drug-likeness (QED) is 0.0176. The molecule has 9 rings (SSSR count). The van der Waals surface area contributed by atoms with Gasteiger partial charge in [0.25, 0.3) is 5.91 Å². The highest BCUT2D eigenvalue weighted by atomic mass is 35.5. The topological polar surface area (TPSA) is 219 Å². The summed E-state index contributed by atoms with van der Waals surface area (Å²) in [4.78, 5) is 57.9. The van der Waals surface area contributed by atoms with E-state index in [0.29, 0.717) is 79.7 Å². The summed E-state index contributed by atoms with van der Waals surface area (Å²) in [5.74, 6) is 3.00. The van der Waals surface area contributed by atoms with Gasteiger partial charge < -0.3 is 50.4 Å². The summed E-state index contributed by atoms with van der Waals surface area (Å²) >= 11 is 1.40. The smallest absolute Gasteiger partial charge is 0.251 e. The van der Waals surface area contributed by atoms with Crippen LogP contribution in [0.4, 0.5) is 5.69 Å². The van der Waals surface area contributed by atoms with E-state index < -0.39 is 5.54 Å². The molecule has 6 aromatic rings. The predicted molar refractivity (Wildman–Crippen MR) is 334 cm³/mol. The van der Waals surface area contributed by atoms with Crippen LogP contribution in [0.3, 0.4) is 0 Å². The summed E-state index contributed by atoms with van der Waals surface area (Å²) in [6.07, 6.45) is 17.8. The molecule has 84 heavy (non-hydrogen) atoms. The van der Waals surface area contributed by atoms with Gasteiger partial charge in [0.05, 0.1) is 41.8 Å². The van der Waals surface area contributed by atoms with Crippen molar-refractivity contribution >= 4 is 59.4 Å². The van der Waals surface area contributed by atoms with Crippen molar-refractivity contribution < 1.29 is 33.3 Å². The van der Waals surface area contributed by atoms with Gasteiger partial charge in [-0.25, -0.2) is 9.97 Å². The van der Waals surface area contributed by atoms with Gasteiger partial charge in [-0.3, -0.25) is 24.5 Å². The Labute approximate surface area is 511 Å². The van der Waals surface area contributed by atoms with Gasteiger partial charge in [-0.1, -0.05) is 49.6 Å². The Bertz CT molecular complexity index is 2960. The number of aromatic amines is 1. The first-order valence-electron chi connectivity index (χ1n) is 29.7. The molecule has 3 aromatic heterocycles. The lowest BCUT2D eigenvalue weighted by Crippen LogP contribution is -2.53. The van der Waals surface area contributed by atoms with Crippen molar-refractivity contribution in [2.45, 2.75) is 127 Å². The van der Waals surface area contributed by atoms with Crippen molar-refractivity contribution in [2.24, 2.45) is 5.92 Å². The van der Waals surface area contributed by atoms with Crippen LogP contribution in [0.5, 0.6) is 11.5 Å². The van der Waals surface area contributed by atoms with Crippen molar-refractivity contribution in [3.63, 3.8) is 0 Å². The minimum absolute atomic E-state index is 0. The first-order valence-corrected chi connectivity index (χ1v) is 30.5. The van der Waals surface area contributed by atoms with Gasteiger partial charge in [-0.05, 0) is 164 Å². The van der Waals surface area contributed by atoms with Crippen LogP contribution in [0, 0.1) is 5.92 Å². The number of amides is 2. The third-order valence-corrected chi connectivity index (χ3v) is 17.1. The molecule has 0 spiro atoms. The number of rotatable bonds is 31. The molecule has 0 unspecified atom stereocenters. The van der Waals surface area contributed by atoms with Crippen LogP contribution in [0.1, 0.15) is 151 Å². The SMILES string of the molecule is CN[C@@H](C)CN[C@H](C(=O)N1CCC[C@H]1c1ncc(C(=O)c2cccc(OCCOCCCOCCCCCOc3cccc([C@@H](C)NC(=O)c4cccc(NC5(c6nc(-c7ccncc7)n[nH]6)CCNCC5)c4)c3)c2)s1)C1CCCCC1.Cl.Cl. The number of likely N-dealkylation sites (tertiary alicyclic amines) is 1. The second kappa shape index (κ2) is 33.6. The Morgan fingerprint density at radius 2 is 1.49 bits per heavy atom. The standard InChI is InChI=1S/C63H83N11O7S.2ClH/c1-44(64-3)42-67-56(46-15-6-4-7-16-46)61(77)74-32-13-23-54(74)60-68-43-55(82-60)57(75)49-18-12-22-53(41-49)81-38-37-79-35-14-34-78-33-8-5-9-36-80-52-21-11-17-48(40-52)45(2)69-59(76)50-19-10-20-51(39-50)71-63(26-30-66-31-27-63)62-70-58(72-73-62)47-24-28-65-29-25-47;;/h10-12,17-22,24-25,28-29,39-41,43-46,54,56,64,66-67,71H,4-9,13-16,23,26-27,30-38,42H2,1-3H3,(H,69,76)(H,70,72,73);2*1H/t44-,45+,54-,56-;;/m0../s1. The van der Waals surface area contributed by atoms with Crippen molar-refractivity contribution in [1.82, 2.24) is 51.3 Å². The molecule has 454 valence electrons. The Morgan fingerprint density at radius 3 is 2.29 bits per heavy atom. The number of benzene rings is 3. The third-order valence-electron chi connectivity index (χ3n) is 16.0. The van der Waals surface area contributed by atoms with E-state index in [0.717, 1.165) is 117 Å². The number of carbonyl (C=O) groups excluding carboxylic acids is 3. The molecule has 21 heteroatoms. The summed E-state index contributed by atoms with van der Waals surface area (Å²) in [6, 6.07) is 26.2. The molecule has 2 saturated heterocycles. The molecule has 1 aliphatic carbocycles. The average Bonchev–Trinajstić information content (AvgIpc) is 3.01. The monoisotopic (exact) mass is 1210 g/mol. The van der Waals surface area contributed by atoms with Crippen molar-refractivity contribution in [2.75, 3.05) is 78.2 Å². The van der Waals surface area contributed by atoms with Crippen molar-refractivity contribution in [3.05, 3.63) is 136 Å². The molecule has 0 radical (unpaired) electrons. The Balaban J connectivity index is 0.00000506. The van der Waals surface area contributed by atoms with Crippen molar-refractivity contribution in [1.29, 1.82) is 0 Å². The van der Waals surface area contributed by atoms with Gasteiger partial charge in [-0.15, -0.1) is 36.2 Å². The molecule has 3 aliphatic rings. The lowest BCUT2D eigenvalue weighted by atomic mass is 9.83. The van der Waals surface area contributed by atoms with Crippen LogP contribution >= 0.6 is 36.2 Å². The average molecular weight is 1210 g/mol. The summed E-state index contributed by atoms with van der Waals surface area (Å²) in [6.45, 7) is 10.4. The van der Waals surface area contributed by atoms with Crippen molar-refractivity contribution in [3.8, 4) is 22.9 Å². The maximum absolute atomic E-state index is 14.2. The number of hydrogen-bond donors (Lipinski definition) is 6. The zero-order chi connectivity index (χ0) is 56.9. The van der Waals surface area contributed by atoms with Crippen LogP contribution in [0.25, 0.3) is 11.4 Å². The molecule has 3 fully saturated rings. The molecule has 18 nitrogen and oxygen atoms in total. The number of unbranched alkanes of at least 4 members (excludes halogenated alkanes) is 2. The molecule has 3 aromatic carbocycles. The van der Waals surface area contributed by atoms with Crippen LogP contribution < -0.4 is 36.1 Å². The number of aromatic nitrogens is 5. The second-order valence-corrected chi connectivity index (χ2v) is 23.0. The first kappa shape index (κ1) is 65.5. The normalized spacial score (nSPS) is 17.0. The largest absolute Gasteiger partial charge is 0.494 e. The van der Waals surface area contributed by atoms with Crippen LogP contribution in [0.2, 0.25) is 0 Å². The second-order valence-electron chi connectivity index (χ2n) is 22.0. The fourth-order valence-corrected chi connectivity index (χ4v) is 12.2. The lowest BCUT2D eigenvalue weighted by molar-refractivity contribution is -0.136. The fraction of sp³-hybridized carbons (Fsp3) is 0.508. The lowest BCUT2D eigenvalue weighted by Gasteiger charge is -2.37. The summed E-state index contributed by atoms with van der Waals surface area (Å²) in [5, 5.41) is 25.8. The molecule has 6 N–H and O–H groups in total. The number of thiazole rings is 1. The Morgan fingerprint density at radius 1 is 0.774 bits per heavy atom. The molecule has 1 saturated carbocycles. The number of H-pyrrole nitrogens is 1. The number of halogens is 2. The highest BCUT2D eigenvalue weighted by Crippen LogP contribution is 2.38. The van der Waals surface area contributed by atoms with E-state index in [1.54, 1.807) is 30.7 Å². The van der Waals surface area contributed by atoms with Gasteiger partial charge in [0, 0.05) is 79.9 Å². The van der Waals surface area contributed by atoms with E-state index in [4.69, 9.17) is 28.9 Å². The highest BCUT2D eigenvalue weighted by molar-refractivity contribution is 7.14. The minimum atomic E-state index is -0.483. The van der Waals surface area contributed by atoms with Gasteiger partial charge >= 0.3 is 0 Å². The maximum atomic E-state index is 14.2. The first-order chi connectivity index (χ1) is 40.2. The predicted octanol–water partition coefficient (Wildman–Crippen LogP) is 10.4. The van der Waals surface area contributed by atoms with Gasteiger partial charge in [0.1, 0.15) is 23.1 Å². The minimum Gasteiger partial charge on any atom is -0.494 e. The Hall–Kier alpha value is -6.03. The molecule has 0 bridgehead atoms. The molecular weight excluding hydrogens is 1130 g/mol. The Kier molecular flexibility index (Phi) is 26.2. The number of nitrogens with one attached hydrogen (secondary N) is 6. The van der Waals surface area contributed by atoms with E-state index in [2.05, 4.69) is 48.7 Å². The van der Waals surface area contributed by atoms with Gasteiger partial charge in [0.15, 0.2) is 11.6 Å². The van der Waals surface area contributed by atoms with E-state index in [1.807, 2.05) is 91.7 Å². The fourth-order valence-electron chi connectivity index (χ4n) is 11.2. The van der Waals surface area contributed by atoms with E-state index >= 15 is 0 Å². The van der Waals surface area contributed by atoms with Gasteiger partial charge in [0.2, 0.25) is 11.7 Å².